The summed E-state index contributed by atoms with van der Waals surface area (Å²) in [4.78, 5) is 47.5. The molecule has 0 radical (unpaired) electrons. The van der Waals surface area contributed by atoms with Crippen LogP contribution in [-0.4, -0.2) is 64.3 Å². The summed E-state index contributed by atoms with van der Waals surface area (Å²) in [7, 11) is 1.29. The van der Waals surface area contributed by atoms with Gasteiger partial charge in [0.1, 0.15) is 36.5 Å². The van der Waals surface area contributed by atoms with Crippen LogP contribution in [0.2, 0.25) is 0 Å². The normalized spacial score (nSPS) is 20.9. The molecule has 3 N–H and O–H groups in total. The molecule has 10 nitrogen and oxygen atoms in total. The maximum atomic E-state index is 12.7. The average molecular weight is 458 g/mol. The SMILES string of the molecule is C=C(Cl)COC(=O)C1=CCS[C@H]2C(NC(=O)C(=NOC)c3csc(N)n3)C(=O)N12. The fourth-order valence-corrected chi connectivity index (χ4v) is 4.45. The molecular formula is C16H16ClN5O5S2. The lowest BCUT2D eigenvalue weighted by atomic mass is 10.0. The quantitative estimate of drug-likeness (QED) is 0.263. The van der Waals surface area contributed by atoms with Crippen LogP contribution in [0.15, 0.2) is 33.9 Å². The van der Waals surface area contributed by atoms with Crippen LogP contribution in [-0.2, 0) is 24.0 Å². The molecule has 0 saturated carbocycles. The third kappa shape index (κ3) is 4.38. The molecule has 154 valence electrons. The zero-order valence-electron chi connectivity index (χ0n) is 15.1. The van der Waals surface area contributed by atoms with Crippen LogP contribution >= 0.6 is 34.7 Å². The lowest BCUT2D eigenvalue weighted by Crippen LogP contribution is -2.70. The third-order valence-corrected chi connectivity index (χ3v) is 5.83. The van der Waals surface area contributed by atoms with Crippen LogP contribution in [0, 0.1) is 0 Å². The van der Waals surface area contributed by atoms with Crippen molar-refractivity contribution in [1.29, 1.82) is 0 Å². The smallest absolute Gasteiger partial charge is 0.355 e. The molecule has 2 aliphatic heterocycles. The number of nitrogens with one attached hydrogen (secondary N) is 1. The molecule has 1 aromatic rings. The minimum absolute atomic E-state index is 0.108. The molecule has 2 aliphatic rings. The van der Waals surface area contributed by atoms with Gasteiger partial charge in [0.2, 0.25) is 0 Å². The number of aromatic nitrogens is 1. The molecule has 3 rings (SSSR count). The van der Waals surface area contributed by atoms with Crippen LogP contribution in [0.1, 0.15) is 5.69 Å². The van der Waals surface area contributed by atoms with E-state index in [2.05, 4.69) is 22.0 Å². The Labute approximate surface area is 178 Å². The Morgan fingerprint density at radius 2 is 2.31 bits per heavy atom. The van der Waals surface area contributed by atoms with Crippen molar-refractivity contribution < 1.29 is 24.0 Å². The van der Waals surface area contributed by atoms with Gasteiger partial charge in [-0.05, 0) is 6.08 Å². The van der Waals surface area contributed by atoms with E-state index in [1.54, 1.807) is 11.5 Å². The van der Waals surface area contributed by atoms with Gasteiger partial charge in [-0.25, -0.2) is 9.78 Å². The molecular weight excluding hydrogens is 442 g/mol. The van der Waals surface area contributed by atoms with Crippen LogP contribution in [0.4, 0.5) is 5.13 Å². The van der Waals surface area contributed by atoms with Crippen molar-refractivity contribution >= 4 is 63.3 Å². The Morgan fingerprint density at radius 1 is 1.55 bits per heavy atom. The van der Waals surface area contributed by atoms with Crippen molar-refractivity contribution in [2.24, 2.45) is 5.16 Å². The lowest BCUT2D eigenvalue weighted by molar-refractivity contribution is -0.151. The Balaban J connectivity index is 1.69. The van der Waals surface area contributed by atoms with Gasteiger partial charge in [-0.2, -0.15) is 0 Å². The highest BCUT2D eigenvalue weighted by Gasteiger charge is 2.53. The van der Waals surface area contributed by atoms with E-state index >= 15 is 0 Å². The molecule has 0 aliphatic carbocycles. The van der Waals surface area contributed by atoms with Crippen molar-refractivity contribution in [3.8, 4) is 0 Å². The average Bonchev–Trinajstić information content (AvgIpc) is 3.13. The van der Waals surface area contributed by atoms with Gasteiger partial charge in [0.25, 0.3) is 11.8 Å². The minimum atomic E-state index is -0.843. The van der Waals surface area contributed by atoms with Crippen LogP contribution in [0.25, 0.3) is 0 Å². The Kier molecular flexibility index (Phi) is 6.45. The number of β-lactam (4-membered cyclic amide) rings is 1. The third-order valence-electron chi connectivity index (χ3n) is 3.86. The van der Waals surface area contributed by atoms with Gasteiger partial charge in [-0.1, -0.05) is 23.3 Å². The van der Waals surface area contributed by atoms with E-state index < -0.39 is 29.2 Å². The number of rotatable bonds is 7. The second-order valence-electron chi connectivity index (χ2n) is 5.76. The fourth-order valence-electron chi connectivity index (χ4n) is 2.65. The van der Waals surface area contributed by atoms with Gasteiger partial charge in [0.05, 0.1) is 0 Å². The number of carbonyl (C=O) groups excluding carboxylic acids is 3. The number of nitrogens with two attached hydrogens (primary N) is 1. The maximum absolute atomic E-state index is 12.7. The standard InChI is InChI=1S/C16H16ClN5O5S2/c1-7(17)5-27-15(25)9-3-4-28-14-11(13(24)22(9)14)20-12(23)10(21-26-2)8-6-29-16(18)19-8/h3,6,11,14H,1,4-5H2,2H3,(H2,18,19)(H,20,23)/t11?,14-/m0/s1. The number of halogens is 1. The van der Waals surface area contributed by atoms with Gasteiger partial charge in [-0.15, -0.1) is 23.1 Å². The van der Waals surface area contributed by atoms with Gasteiger partial charge >= 0.3 is 5.97 Å². The van der Waals surface area contributed by atoms with Crippen LogP contribution < -0.4 is 11.1 Å². The summed E-state index contributed by atoms with van der Waals surface area (Å²) in [6.45, 7) is 3.28. The van der Waals surface area contributed by atoms with Gasteiger partial charge in [0, 0.05) is 16.2 Å². The number of nitrogens with zero attached hydrogens (tertiary/aromatic N) is 3. The summed E-state index contributed by atoms with van der Waals surface area (Å²) < 4.78 is 5.01. The number of ether oxygens (including phenoxy) is 1. The molecule has 0 spiro atoms. The first-order valence-electron chi connectivity index (χ1n) is 8.12. The minimum Gasteiger partial charge on any atom is -0.455 e. The van der Waals surface area contributed by atoms with E-state index in [9.17, 15) is 14.4 Å². The Bertz CT molecular complexity index is 931. The molecule has 13 heteroatoms. The van der Waals surface area contributed by atoms with Gasteiger partial charge in [0.15, 0.2) is 10.8 Å². The van der Waals surface area contributed by atoms with Crippen LogP contribution in [0.5, 0.6) is 0 Å². The molecule has 1 fully saturated rings. The molecule has 0 bridgehead atoms. The molecule has 1 aromatic heterocycles. The zero-order chi connectivity index (χ0) is 21.1. The fraction of sp³-hybridized carbons (Fsp3) is 0.312. The highest BCUT2D eigenvalue weighted by Crippen LogP contribution is 2.37. The largest absolute Gasteiger partial charge is 0.455 e. The van der Waals surface area contributed by atoms with Crippen molar-refractivity contribution in [3.05, 3.63) is 34.5 Å². The summed E-state index contributed by atoms with van der Waals surface area (Å²) in [6.07, 6.45) is 1.59. The highest BCUT2D eigenvalue weighted by atomic mass is 35.5. The topological polar surface area (TPSA) is 136 Å². The van der Waals surface area contributed by atoms with Gasteiger partial charge in [-0.3, -0.25) is 14.5 Å². The summed E-state index contributed by atoms with van der Waals surface area (Å²) in [6, 6.07) is -0.843. The predicted molar refractivity (Wildman–Crippen MR) is 109 cm³/mol. The Hall–Kier alpha value is -2.57. The number of thiazole rings is 1. The molecule has 3 heterocycles. The van der Waals surface area contributed by atoms with E-state index in [1.165, 1.54) is 23.8 Å². The zero-order valence-corrected chi connectivity index (χ0v) is 17.5. The van der Waals surface area contributed by atoms with Crippen molar-refractivity contribution in [2.45, 2.75) is 11.4 Å². The molecule has 1 unspecified atom stereocenters. The van der Waals surface area contributed by atoms with Crippen LogP contribution in [0.3, 0.4) is 0 Å². The Morgan fingerprint density at radius 3 is 2.93 bits per heavy atom. The number of anilines is 1. The monoisotopic (exact) mass is 457 g/mol. The predicted octanol–water partition coefficient (Wildman–Crippen LogP) is 0.655. The van der Waals surface area contributed by atoms with E-state index in [0.717, 1.165) is 11.3 Å². The number of amides is 2. The van der Waals surface area contributed by atoms with Crippen molar-refractivity contribution in [2.75, 3.05) is 25.2 Å². The number of esters is 1. The summed E-state index contributed by atoms with van der Waals surface area (Å²) in [5.74, 6) is -1.31. The first-order valence-corrected chi connectivity index (χ1v) is 10.4. The molecule has 29 heavy (non-hydrogen) atoms. The van der Waals surface area contributed by atoms with Crippen molar-refractivity contribution in [1.82, 2.24) is 15.2 Å². The molecule has 2 atom stereocenters. The number of nitrogen functional groups attached to an aromatic ring is 1. The first kappa shape index (κ1) is 21.1. The highest BCUT2D eigenvalue weighted by molar-refractivity contribution is 8.00. The number of thioether (sulfide) groups is 1. The second kappa shape index (κ2) is 8.84. The maximum Gasteiger partial charge on any atom is 0.355 e. The van der Waals surface area contributed by atoms with E-state index in [4.69, 9.17) is 26.9 Å². The summed E-state index contributed by atoms with van der Waals surface area (Å²) in [5.41, 5.74) is 5.84. The van der Waals surface area contributed by atoms with E-state index in [1.807, 2.05) is 0 Å². The number of hydrogen-bond acceptors (Lipinski definition) is 10. The lowest BCUT2D eigenvalue weighted by Gasteiger charge is -2.48. The first-order chi connectivity index (χ1) is 13.8. The summed E-state index contributed by atoms with van der Waals surface area (Å²) in [5, 5.41) is 7.82. The number of hydrogen-bond donors (Lipinski definition) is 2. The molecule has 1 saturated heterocycles. The number of oxime groups is 1. The van der Waals surface area contributed by atoms with Gasteiger partial charge < -0.3 is 20.6 Å². The molecule has 0 aromatic carbocycles. The number of fused-ring (bicyclic) bond motifs is 1. The number of carbonyl (C=O) groups is 3. The van der Waals surface area contributed by atoms with E-state index in [-0.39, 0.29) is 33.9 Å². The summed E-state index contributed by atoms with van der Waals surface area (Å²) >= 11 is 8.13. The second-order valence-corrected chi connectivity index (χ2v) is 8.33. The van der Waals surface area contributed by atoms with Crippen molar-refractivity contribution in [3.63, 3.8) is 0 Å². The van der Waals surface area contributed by atoms with E-state index in [0.29, 0.717) is 5.75 Å². The molecule has 2 amide bonds.